The summed E-state index contributed by atoms with van der Waals surface area (Å²) in [6.45, 7) is 8.07. The van der Waals surface area contributed by atoms with Crippen LogP contribution in [-0.4, -0.2) is 36.7 Å². The number of aldehydes is 1. The van der Waals surface area contributed by atoms with Crippen molar-refractivity contribution in [2.75, 3.05) is 6.61 Å². The van der Waals surface area contributed by atoms with E-state index in [0.29, 0.717) is 24.8 Å². The summed E-state index contributed by atoms with van der Waals surface area (Å²) >= 11 is 0. The average Bonchev–Trinajstić information content (AvgIpc) is 2.95. The maximum Gasteiger partial charge on any atom is 0.331 e. The molecular formula is C29H30O6. The molecule has 35 heavy (non-hydrogen) atoms. The van der Waals surface area contributed by atoms with Gasteiger partial charge in [0.25, 0.3) is 0 Å². The third kappa shape index (κ3) is 3.22. The lowest BCUT2D eigenvalue weighted by Crippen LogP contribution is -2.66. The van der Waals surface area contributed by atoms with Gasteiger partial charge in [0, 0.05) is 23.3 Å². The van der Waals surface area contributed by atoms with E-state index in [1.807, 2.05) is 56.3 Å². The minimum Gasteiger partial charge on any atom is -0.464 e. The Hall–Kier alpha value is -3.28. The van der Waals surface area contributed by atoms with Crippen molar-refractivity contribution in [1.82, 2.24) is 0 Å². The molecule has 1 heterocycles. The minimum absolute atomic E-state index is 0.0284. The first kappa shape index (κ1) is 23.5. The van der Waals surface area contributed by atoms with Crippen LogP contribution in [0.25, 0.3) is 6.08 Å². The van der Waals surface area contributed by atoms with E-state index >= 15 is 0 Å². The van der Waals surface area contributed by atoms with Gasteiger partial charge in [-0.1, -0.05) is 62.9 Å². The van der Waals surface area contributed by atoms with Crippen molar-refractivity contribution < 1.29 is 28.7 Å². The average molecular weight is 475 g/mol. The highest BCUT2D eigenvalue weighted by molar-refractivity contribution is 6.16. The summed E-state index contributed by atoms with van der Waals surface area (Å²) in [5.74, 6) is -3.16. The molecule has 0 radical (unpaired) electrons. The number of hydrogen-bond donors (Lipinski definition) is 0. The monoisotopic (exact) mass is 474 g/mol. The molecule has 3 aliphatic carbocycles. The van der Waals surface area contributed by atoms with E-state index in [0.717, 1.165) is 11.8 Å². The SMILES string of the molecule is C=C1C(=O)[C@@]23C(=O)OC[C@]4(C=CCC(C)(C)[C@H]4C=O)[C@@H]2CC[C@@H]1[C@H]3OC(=O)/C=C/c1ccccc1. The summed E-state index contributed by atoms with van der Waals surface area (Å²) in [5.41, 5.74) is -1.78. The largest absolute Gasteiger partial charge is 0.464 e. The van der Waals surface area contributed by atoms with Crippen molar-refractivity contribution >= 4 is 30.1 Å². The molecule has 1 saturated heterocycles. The number of cyclic esters (lactones) is 1. The molecule has 3 fully saturated rings. The number of Topliss-reactive ketones (excluding diaryl/α,β-unsaturated/α-hetero) is 1. The first-order valence-corrected chi connectivity index (χ1v) is 12.2. The van der Waals surface area contributed by atoms with Gasteiger partial charge in [0.2, 0.25) is 0 Å². The molecule has 2 bridgehead atoms. The molecule has 2 spiro atoms. The lowest BCUT2D eigenvalue weighted by Gasteiger charge is -2.58. The number of allylic oxidation sites excluding steroid dienone is 1. The Morgan fingerprint density at radius 3 is 2.63 bits per heavy atom. The van der Waals surface area contributed by atoms with Gasteiger partial charge in [-0.05, 0) is 47.8 Å². The Labute approximate surface area is 205 Å². The molecule has 1 aliphatic heterocycles. The van der Waals surface area contributed by atoms with Gasteiger partial charge in [-0.15, -0.1) is 0 Å². The molecule has 2 saturated carbocycles. The highest BCUT2D eigenvalue weighted by Gasteiger charge is 2.76. The number of rotatable bonds is 4. The molecule has 5 rings (SSSR count). The van der Waals surface area contributed by atoms with Gasteiger partial charge in [-0.2, -0.15) is 0 Å². The van der Waals surface area contributed by atoms with Crippen LogP contribution >= 0.6 is 0 Å². The van der Waals surface area contributed by atoms with E-state index in [1.165, 1.54) is 6.08 Å². The summed E-state index contributed by atoms with van der Waals surface area (Å²) in [6.07, 6.45) is 8.67. The minimum atomic E-state index is -1.69. The zero-order valence-electron chi connectivity index (χ0n) is 20.1. The van der Waals surface area contributed by atoms with Crippen molar-refractivity contribution in [2.24, 2.45) is 34.0 Å². The highest BCUT2D eigenvalue weighted by atomic mass is 16.6. The van der Waals surface area contributed by atoms with Gasteiger partial charge in [0.05, 0.1) is 0 Å². The van der Waals surface area contributed by atoms with Crippen LogP contribution in [-0.2, 0) is 28.7 Å². The first-order chi connectivity index (χ1) is 16.7. The van der Waals surface area contributed by atoms with Crippen LogP contribution < -0.4 is 0 Å². The zero-order chi connectivity index (χ0) is 25.0. The predicted octanol–water partition coefficient (Wildman–Crippen LogP) is 4.11. The van der Waals surface area contributed by atoms with Crippen molar-refractivity contribution in [3.05, 3.63) is 66.3 Å². The Balaban J connectivity index is 1.56. The van der Waals surface area contributed by atoms with Crippen molar-refractivity contribution in [2.45, 2.75) is 39.2 Å². The van der Waals surface area contributed by atoms with E-state index in [1.54, 1.807) is 6.08 Å². The third-order valence-electron chi connectivity index (χ3n) is 8.77. The number of fused-ring (bicyclic) bond motifs is 2. The molecule has 1 aromatic rings. The smallest absolute Gasteiger partial charge is 0.331 e. The number of carbonyl (C=O) groups excluding carboxylic acids is 4. The summed E-state index contributed by atoms with van der Waals surface area (Å²) in [6, 6.07) is 9.31. The van der Waals surface area contributed by atoms with E-state index in [4.69, 9.17) is 9.47 Å². The maximum atomic E-state index is 13.8. The Bertz CT molecular complexity index is 1160. The molecular weight excluding hydrogens is 444 g/mol. The van der Waals surface area contributed by atoms with Gasteiger partial charge in [0.15, 0.2) is 11.2 Å². The fourth-order valence-corrected chi connectivity index (χ4v) is 7.16. The molecule has 0 unspecified atom stereocenters. The van der Waals surface area contributed by atoms with Crippen molar-refractivity contribution in [3.8, 4) is 0 Å². The molecule has 0 amide bonds. The highest BCUT2D eigenvalue weighted by Crippen LogP contribution is 2.67. The van der Waals surface area contributed by atoms with Gasteiger partial charge in [-0.25, -0.2) is 4.79 Å². The van der Waals surface area contributed by atoms with Gasteiger partial charge >= 0.3 is 11.9 Å². The lowest BCUT2D eigenvalue weighted by atomic mass is 9.46. The van der Waals surface area contributed by atoms with Crippen molar-refractivity contribution in [1.29, 1.82) is 0 Å². The Morgan fingerprint density at radius 2 is 1.91 bits per heavy atom. The summed E-state index contributed by atoms with van der Waals surface area (Å²) in [7, 11) is 0. The van der Waals surface area contributed by atoms with Crippen molar-refractivity contribution in [3.63, 3.8) is 0 Å². The molecule has 0 aromatic heterocycles. The van der Waals surface area contributed by atoms with E-state index in [-0.39, 0.29) is 12.0 Å². The fourth-order valence-electron chi connectivity index (χ4n) is 7.16. The van der Waals surface area contributed by atoms with E-state index < -0.39 is 52.4 Å². The number of carbonyl (C=O) groups is 4. The first-order valence-electron chi connectivity index (χ1n) is 12.2. The van der Waals surface area contributed by atoms with Crippen LogP contribution in [0.2, 0.25) is 0 Å². The maximum absolute atomic E-state index is 13.8. The van der Waals surface area contributed by atoms with Crippen LogP contribution in [0.5, 0.6) is 0 Å². The number of ketones is 1. The van der Waals surface area contributed by atoms with Crippen LogP contribution in [0.15, 0.2) is 60.7 Å². The molecule has 1 aromatic carbocycles. The second kappa shape index (κ2) is 8.14. The molecule has 0 N–H and O–H groups in total. The summed E-state index contributed by atoms with van der Waals surface area (Å²) in [5, 5.41) is 0. The number of benzene rings is 1. The molecule has 6 nitrogen and oxygen atoms in total. The zero-order valence-corrected chi connectivity index (χ0v) is 20.1. The second-order valence-corrected chi connectivity index (χ2v) is 11.0. The predicted molar refractivity (Wildman–Crippen MR) is 129 cm³/mol. The number of hydrogen-bond acceptors (Lipinski definition) is 6. The fraction of sp³-hybridized carbons (Fsp3) is 0.448. The van der Waals surface area contributed by atoms with Crippen LogP contribution in [0, 0.1) is 34.0 Å². The van der Waals surface area contributed by atoms with Gasteiger partial charge < -0.3 is 14.3 Å². The van der Waals surface area contributed by atoms with Gasteiger partial charge in [-0.3, -0.25) is 9.59 Å². The quantitative estimate of drug-likeness (QED) is 0.215. The van der Waals surface area contributed by atoms with E-state index in [2.05, 4.69) is 6.58 Å². The second-order valence-electron chi connectivity index (χ2n) is 11.0. The molecule has 182 valence electrons. The van der Waals surface area contributed by atoms with Crippen LogP contribution in [0.1, 0.15) is 38.7 Å². The Kier molecular flexibility index (Phi) is 5.46. The third-order valence-corrected chi connectivity index (χ3v) is 8.77. The standard InChI is InChI=1S/C29H30O6/c1-18-20-11-12-21-28(15-7-14-27(2,3)22(28)16-30)17-34-26(33)29(21,24(18)32)25(20)35-23(31)13-10-19-8-5-4-6-9-19/h4-10,13,15-16,20-22,25H,1,11-12,14,17H2,2-3H3/b13-10+/t20-,21-,22+,25+,28+,29-/m0/s1. The topological polar surface area (TPSA) is 86.7 Å². The van der Waals surface area contributed by atoms with E-state index in [9.17, 15) is 19.2 Å². The normalized spacial score (nSPS) is 37.3. The molecule has 6 heteroatoms. The Morgan fingerprint density at radius 1 is 1.17 bits per heavy atom. The molecule has 4 aliphatic rings. The summed E-state index contributed by atoms with van der Waals surface area (Å²) < 4.78 is 11.6. The van der Waals surface area contributed by atoms with Crippen LogP contribution in [0.3, 0.4) is 0 Å². The summed E-state index contributed by atoms with van der Waals surface area (Å²) in [4.78, 5) is 52.7. The molecule has 6 atom stereocenters. The lowest BCUT2D eigenvalue weighted by molar-refractivity contribution is -0.215. The van der Waals surface area contributed by atoms with Crippen LogP contribution in [0.4, 0.5) is 0 Å². The number of ether oxygens (including phenoxy) is 2. The number of esters is 2. The van der Waals surface area contributed by atoms with Gasteiger partial charge in [0.1, 0.15) is 19.0 Å².